The van der Waals surface area contributed by atoms with Gasteiger partial charge in [-0.05, 0) is 30.3 Å². The standard InChI is InChI=1S/C24H19ClN2O4S/c25-21-18-11-5-7-13-20(18)32-22(21)24(29)27-26-23(28)17-10-4-6-12-19(17)31-15-14-30-16-8-2-1-3-9-16/h1-13H,14-15H2,(H,26,28)(H,27,29). The number of ether oxygens (including phenoxy) is 2. The molecule has 32 heavy (non-hydrogen) atoms. The monoisotopic (exact) mass is 466 g/mol. The van der Waals surface area contributed by atoms with E-state index in [2.05, 4.69) is 10.9 Å². The van der Waals surface area contributed by atoms with E-state index in [1.807, 2.05) is 54.6 Å². The SMILES string of the molecule is O=C(NNC(=O)c1sc2ccccc2c1Cl)c1ccccc1OCCOc1ccccc1. The molecule has 0 spiro atoms. The van der Waals surface area contributed by atoms with Crippen LogP contribution in [-0.4, -0.2) is 25.0 Å². The summed E-state index contributed by atoms with van der Waals surface area (Å²) in [5.41, 5.74) is 5.13. The first kappa shape index (κ1) is 21.7. The van der Waals surface area contributed by atoms with Crippen LogP contribution in [0.4, 0.5) is 0 Å². The number of benzene rings is 3. The Morgan fingerprint density at radius 2 is 1.44 bits per heavy atom. The predicted octanol–water partition coefficient (Wildman–Crippen LogP) is 5.09. The summed E-state index contributed by atoms with van der Waals surface area (Å²) in [6.45, 7) is 0.573. The third kappa shape index (κ3) is 5.01. The molecular formula is C24H19ClN2O4S. The van der Waals surface area contributed by atoms with Crippen LogP contribution in [0.5, 0.6) is 11.5 Å². The number of carbonyl (C=O) groups is 2. The first-order valence-corrected chi connectivity index (χ1v) is 11.0. The van der Waals surface area contributed by atoms with Crippen LogP contribution in [-0.2, 0) is 0 Å². The highest BCUT2D eigenvalue weighted by Crippen LogP contribution is 2.34. The second-order valence-corrected chi connectivity index (χ2v) is 8.09. The maximum Gasteiger partial charge on any atom is 0.281 e. The molecule has 0 aliphatic carbocycles. The Morgan fingerprint density at radius 1 is 0.781 bits per heavy atom. The van der Waals surface area contributed by atoms with Crippen molar-refractivity contribution >= 4 is 44.8 Å². The van der Waals surface area contributed by atoms with Gasteiger partial charge >= 0.3 is 0 Å². The molecule has 0 radical (unpaired) electrons. The third-order valence-corrected chi connectivity index (χ3v) is 6.19. The third-order valence-electron chi connectivity index (χ3n) is 4.52. The lowest BCUT2D eigenvalue weighted by Gasteiger charge is -2.12. The summed E-state index contributed by atoms with van der Waals surface area (Å²) in [5, 5.41) is 1.16. The van der Waals surface area contributed by atoms with E-state index in [-0.39, 0.29) is 12.2 Å². The molecule has 1 aromatic heterocycles. The van der Waals surface area contributed by atoms with Crippen molar-refractivity contribution in [2.45, 2.75) is 0 Å². The number of fused-ring (bicyclic) bond motifs is 1. The van der Waals surface area contributed by atoms with Crippen molar-refractivity contribution in [1.29, 1.82) is 0 Å². The smallest absolute Gasteiger partial charge is 0.281 e. The first-order valence-electron chi connectivity index (χ1n) is 9.81. The Morgan fingerprint density at radius 3 is 2.25 bits per heavy atom. The minimum Gasteiger partial charge on any atom is -0.490 e. The number of nitrogens with one attached hydrogen (secondary N) is 2. The molecule has 162 valence electrons. The lowest BCUT2D eigenvalue weighted by Crippen LogP contribution is -2.41. The van der Waals surface area contributed by atoms with E-state index in [9.17, 15) is 9.59 Å². The molecule has 0 atom stereocenters. The van der Waals surface area contributed by atoms with E-state index in [4.69, 9.17) is 21.1 Å². The number of rotatable bonds is 7. The summed E-state index contributed by atoms with van der Waals surface area (Å²) < 4.78 is 12.2. The average Bonchev–Trinajstić information content (AvgIpc) is 3.18. The molecule has 0 fully saturated rings. The molecule has 2 amide bonds. The summed E-state index contributed by atoms with van der Waals surface area (Å²) in [4.78, 5) is 25.5. The number of hydrogen-bond acceptors (Lipinski definition) is 5. The van der Waals surface area contributed by atoms with Crippen LogP contribution < -0.4 is 20.3 Å². The number of carbonyl (C=O) groups excluding carboxylic acids is 2. The maximum absolute atomic E-state index is 12.6. The van der Waals surface area contributed by atoms with Gasteiger partial charge in [-0.15, -0.1) is 11.3 Å². The van der Waals surface area contributed by atoms with Gasteiger partial charge in [0.15, 0.2) is 0 Å². The van der Waals surface area contributed by atoms with Crippen LogP contribution in [0, 0.1) is 0 Å². The zero-order chi connectivity index (χ0) is 22.3. The van der Waals surface area contributed by atoms with Crippen molar-refractivity contribution < 1.29 is 19.1 Å². The highest BCUT2D eigenvalue weighted by atomic mass is 35.5. The number of thiophene rings is 1. The summed E-state index contributed by atoms with van der Waals surface area (Å²) in [5.74, 6) is 0.134. The van der Waals surface area contributed by atoms with Crippen molar-refractivity contribution in [2.75, 3.05) is 13.2 Å². The molecule has 8 heteroatoms. The summed E-state index contributed by atoms with van der Waals surface area (Å²) in [7, 11) is 0. The van der Waals surface area contributed by atoms with Crippen molar-refractivity contribution in [3.8, 4) is 11.5 Å². The molecule has 0 saturated heterocycles. The lowest BCUT2D eigenvalue weighted by atomic mass is 10.2. The van der Waals surface area contributed by atoms with Gasteiger partial charge in [-0.25, -0.2) is 0 Å². The largest absolute Gasteiger partial charge is 0.490 e. The fourth-order valence-corrected chi connectivity index (χ4v) is 4.42. The van der Waals surface area contributed by atoms with Gasteiger partial charge in [0.1, 0.15) is 29.6 Å². The normalized spacial score (nSPS) is 10.5. The number of amides is 2. The Balaban J connectivity index is 1.35. The maximum atomic E-state index is 12.6. The van der Waals surface area contributed by atoms with Gasteiger partial charge in [0, 0.05) is 10.1 Å². The van der Waals surface area contributed by atoms with Crippen LogP contribution in [0.3, 0.4) is 0 Å². The van der Waals surface area contributed by atoms with Crippen molar-refractivity contribution in [2.24, 2.45) is 0 Å². The fourth-order valence-electron chi connectivity index (χ4n) is 3.01. The molecule has 4 aromatic rings. The van der Waals surface area contributed by atoms with Crippen LogP contribution in [0.25, 0.3) is 10.1 Å². The van der Waals surface area contributed by atoms with E-state index < -0.39 is 11.8 Å². The van der Waals surface area contributed by atoms with Gasteiger partial charge in [0.2, 0.25) is 0 Å². The van der Waals surface area contributed by atoms with Crippen molar-refractivity contribution in [3.05, 3.63) is 94.3 Å². The van der Waals surface area contributed by atoms with E-state index in [1.54, 1.807) is 24.3 Å². The van der Waals surface area contributed by atoms with E-state index >= 15 is 0 Å². The summed E-state index contributed by atoms with van der Waals surface area (Å²) in [6.07, 6.45) is 0. The average molecular weight is 467 g/mol. The molecule has 0 unspecified atom stereocenters. The van der Waals surface area contributed by atoms with Crippen LogP contribution >= 0.6 is 22.9 Å². The second kappa shape index (κ2) is 10.2. The minimum absolute atomic E-state index is 0.253. The second-order valence-electron chi connectivity index (χ2n) is 6.66. The highest BCUT2D eigenvalue weighted by Gasteiger charge is 2.18. The van der Waals surface area contributed by atoms with Crippen molar-refractivity contribution in [3.63, 3.8) is 0 Å². The number of hydrazine groups is 1. The molecule has 3 aromatic carbocycles. The van der Waals surface area contributed by atoms with Crippen LogP contribution in [0.15, 0.2) is 78.9 Å². The molecule has 0 aliphatic rings. The van der Waals surface area contributed by atoms with Gasteiger partial charge in [-0.1, -0.05) is 60.1 Å². The van der Waals surface area contributed by atoms with Gasteiger partial charge in [-0.2, -0.15) is 0 Å². The van der Waals surface area contributed by atoms with E-state index in [1.165, 1.54) is 11.3 Å². The predicted molar refractivity (Wildman–Crippen MR) is 126 cm³/mol. The number of para-hydroxylation sites is 2. The Bertz CT molecular complexity index is 1240. The quantitative estimate of drug-likeness (QED) is 0.294. The molecule has 0 bridgehead atoms. The molecule has 4 rings (SSSR count). The number of halogens is 1. The molecule has 0 aliphatic heterocycles. The Kier molecular flexibility index (Phi) is 6.89. The van der Waals surface area contributed by atoms with Gasteiger partial charge in [-0.3, -0.25) is 20.4 Å². The Labute approximate surface area is 193 Å². The zero-order valence-electron chi connectivity index (χ0n) is 16.8. The molecule has 2 N–H and O–H groups in total. The summed E-state index contributed by atoms with van der Waals surface area (Å²) >= 11 is 7.59. The van der Waals surface area contributed by atoms with Gasteiger partial charge < -0.3 is 9.47 Å². The topological polar surface area (TPSA) is 76.7 Å². The van der Waals surface area contributed by atoms with Crippen LogP contribution in [0.2, 0.25) is 5.02 Å². The van der Waals surface area contributed by atoms with E-state index in [0.717, 1.165) is 15.8 Å². The van der Waals surface area contributed by atoms with Gasteiger partial charge in [0.25, 0.3) is 11.8 Å². The van der Waals surface area contributed by atoms with Gasteiger partial charge in [0.05, 0.1) is 10.6 Å². The van der Waals surface area contributed by atoms with E-state index in [0.29, 0.717) is 22.3 Å². The molecule has 6 nitrogen and oxygen atoms in total. The Hall–Kier alpha value is -3.55. The molecular weight excluding hydrogens is 448 g/mol. The fraction of sp³-hybridized carbons (Fsp3) is 0.0833. The van der Waals surface area contributed by atoms with Crippen LogP contribution in [0.1, 0.15) is 20.0 Å². The minimum atomic E-state index is -0.504. The zero-order valence-corrected chi connectivity index (χ0v) is 18.4. The molecule has 1 heterocycles. The summed E-state index contributed by atoms with van der Waals surface area (Å²) in [6, 6.07) is 23.6. The highest BCUT2D eigenvalue weighted by molar-refractivity contribution is 7.21. The number of hydrogen-bond donors (Lipinski definition) is 2. The molecule has 0 saturated carbocycles. The first-order chi connectivity index (χ1) is 15.6. The van der Waals surface area contributed by atoms with Crippen molar-refractivity contribution in [1.82, 2.24) is 10.9 Å². The lowest BCUT2D eigenvalue weighted by molar-refractivity contribution is 0.0846.